The molecular weight excluding hydrogens is 326 g/mol. The zero-order valence-electron chi connectivity index (χ0n) is 13.7. The summed E-state index contributed by atoms with van der Waals surface area (Å²) in [5, 5.41) is 12.5. The van der Waals surface area contributed by atoms with Gasteiger partial charge in [-0.3, -0.25) is 4.79 Å². The van der Waals surface area contributed by atoms with Gasteiger partial charge in [0.15, 0.2) is 5.54 Å². The Morgan fingerprint density at radius 1 is 1.24 bits per heavy atom. The maximum absolute atomic E-state index is 12.6. The summed E-state index contributed by atoms with van der Waals surface area (Å²) in [5.74, 6) is -2.49. The third-order valence-electron chi connectivity index (χ3n) is 4.73. The molecule has 0 spiro atoms. The van der Waals surface area contributed by atoms with E-state index in [0.29, 0.717) is 12.0 Å². The number of rotatable bonds is 5. The van der Waals surface area contributed by atoms with Crippen molar-refractivity contribution < 1.29 is 29.0 Å². The average molecular weight is 345 g/mol. The summed E-state index contributed by atoms with van der Waals surface area (Å²) in [4.78, 5) is 36.5. The smallest absolute Gasteiger partial charge is 0.479 e. The van der Waals surface area contributed by atoms with E-state index < -0.39 is 35.6 Å². The molecule has 2 aliphatic carbocycles. The highest BCUT2D eigenvalue weighted by Gasteiger charge is 2.64. The van der Waals surface area contributed by atoms with Crippen LogP contribution in [-0.2, 0) is 14.3 Å². The molecule has 0 radical (unpaired) electrons. The fourth-order valence-electron chi connectivity index (χ4n) is 3.62. The zero-order valence-corrected chi connectivity index (χ0v) is 13.7. The lowest BCUT2D eigenvalue weighted by molar-refractivity contribution is -0.151. The van der Waals surface area contributed by atoms with E-state index in [2.05, 4.69) is 5.32 Å². The minimum absolute atomic E-state index is 0.117. The van der Waals surface area contributed by atoms with Gasteiger partial charge in [-0.25, -0.2) is 9.59 Å². The maximum atomic E-state index is 12.6. The Bertz CT molecular complexity index is 716. The van der Waals surface area contributed by atoms with E-state index in [-0.39, 0.29) is 12.5 Å². The molecule has 1 aromatic rings. The second kappa shape index (κ2) is 6.58. The van der Waals surface area contributed by atoms with Gasteiger partial charge in [0.05, 0.1) is 6.61 Å². The van der Waals surface area contributed by atoms with Gasteiger partial charge < -0.3 is 19.9 Å². The molecule has 2 aliphatic rings. The van der Waals surface area contributed by atoms with Crippen LogP contribution < -0.4 is 5.32 Å². The van der Waals surface area contributed by atoms with Crippen molar-refractivity contribution in [1.82, 2.24) is 5.32 Å². The van der Waals surface area contributed by atoms with Gasteiger partial charge in [0.25, 0.3) is 5.91 Å². The van der Waals surface area contributed by atoms with Crippen molar-refractivity contribution in [3.63, 3.8) is 0 Å². The van der Waals surface area contributed by atoms with Crippen LogP contribution >= 0.6 is 0 Å². The van der Waals surface area contributed by atoms with Gasteiger partial charge in [-0.15, -0.1) is 0 Å². The second-order valence-electron chi connectivity index (χ2n) is 6.11. The molecule has 0 saturated heterocycles. The number of carbonyl (C=O) groups excluding carboxylic acids is 2. The zero-order chi connectivity index (χ0) is 18.0. The third-order valence-corrected chi connectivity index (χ3v) is 4.73. The van der Waals surface area contributed by atoms with E-state index in [1.54, 1.807) is 43.3 Å². The van der Waals surface area contributed by atoms with E-state index in [1.807, 2.05) is 6.08 Å². The number of ether oxygens (including phenoxy) is 2. The van der Waals surface area contributed by atoms with Crippen molar-refractivity contribution in [1.29, 1.82) is 0 Å². The summed E-state index contributed by atoms with van der Waals surface area (Å²) in [6, 6.07) is 8.33. The second-order valence-corrected chi connectivity index (χ2v) is 6.11. The number of amides is 1. The van der Waals surface area contributed by atoms with Gasteiger partial charge >= 0.3 is 12.1 Å². The molecule has 0 aromatic heterocycles. The van der Waals surface area contributed by atoms with Crippen molar-refractivity contribution in [2.75, 3.05) is 6.61 Å². The number of hydrogen-bond acceptors (Lipinski definition) is 5. The highest BCUT2D eigenvalue weighted by atomic mass is 16.7. The Labute approximate surface area is 144 Å². The molecule has 2 N–H and O–H groups in total. The third kappa shape index (κ3) is 2.86. The molecule has 0 aliphatic heterocycles. The van der Waals surface area contributed by atoms with Crippen LogP contribution in [0.2, 0.25) is 0 Å². The van der Waals surface area contributed by atoms with Crippen LogP contribution in [0.3, 0.4) is 0 Å². The molecule has 3 rings (SSSR count). The molecule has 25 heavy (non-hydrogen) atoms. The number of aliphatic carboxylic acids is 1. The number of benzene rings is 1. The van der Waals surface area contributed by atoms with E-state index in [1.165, 1.54) is 0 Å². The SMILES string of the molecule is CCOC(=O)O[C@H]1[C@@H]2C=C[C@@H](C2)[C@@]1(NC(=O)c1ccccc1)C(=O)O. The minimum Gasteiger partial charge on any atom is -0.479 e. The summed E-state index contributed by atoms with van der Waals surface area (Å²) in [5.41, 5.74) is -1.37. The largest absolute Gasteiger partial charge is 0.508 e. The fourth-order valence-corrected chi connectivity index (χ4v) is 3.62. The molecule has 1 fully saturated rings. The number of hydrogen-bond donors (Lipinski definition) is 2. The summed E-state index contributed by atoms with van der Waals surface area (Å²) < 4.78 is 10.1. The summed E-state index contributed by atoms with van der Waals surface area (Å²) >= 11 is 0. The molecular formula is C18H19NO6. The quantitative estimate of drug-likeness (QED) is 0.625. The first-order valence-electron chi connectivity index (χ1n) is 8.11. The highest BCUT2D eigenvalue weighted by molar-refractivity contribution is 5.98. The van der Waals surface area contributed by atoms with Crippen molar-refractivity contribution >= 4 is 18.0 Å². The first-order chi connectivity index (χ1) is 12.0. The van der Waals surface area contributed by atoms with Crippen LogP contribution in [0.1, 0.15) is 23.7 Å². The lowest BCUT2D eigenvalue weighted by atomic mass is 9.81. The lowest BCUT2D eigenvalue weighted by Crippen LogP contribution is -2.65. The molecule has 4 atom stereocenters. The van der Waals surface area contributed by atoms with Crippen LogP contribution in [0, 0.1) is 11.8 Å². The topological polar surface area (TPSA) is 102 Å². The Morgan fingerprint density at radius 3 is 2.60 bits per heavy atom. The van der Waals surface area contributed by atoms with E-state index in [4.69, 9.17) is 9.47 Å². The van der Waals surface area contributed by atoms with E-state index in [9.17, 15) is 19.5 Å². The highest BCUT2D eigenvalue weighted by Crippen LogP contribution is 2.48. The lowest BCUT2D eigenvalue weighted by Gasteiger charge is -2.37. The standard InChI is InChI=1S/C18H19NO6/c1-2-24-17(23)25-14-12-8-9-13(10-12)18(14,16(21)22)19-15(20)11-6-4-3-5-7-11/h3-9,12-14H,2,10H2,1H3,(H,19,20)(H,21,22)/t12-,13+,14+,18+/m1/s1. The fraction of sp³-hybridized carbons (Fsp3) is 0.389. The molecule has 0 heterocycles. The number of carbonyl (C=O) groups is 3. The Hall–Kier alpha value is -2.83. The van der Waals surface area contributed by atoms with Gasteiger partial charge in [0.2, 0.25) is 0 Å². The predicted octanol–water partition coefficient (Wildman–Crippen LogP) is 1.99. The first-order valence-corrected chi connectivity index (χ1v) is 8.11. The summed E-state index contributed by atoms with van der Waals surface area (Å²) in [7, 11) is 0. The normalized spacial score (nSPS) is 29.2. The van der Waals surface area contributed by atoms with Crippen molar-refractivity contribution in [2.24, 2.45) is 11.8 Å². The maximum Gasteiger partial charge on any atom is 0.508 e. The van der Waals surface area contributed by atoms with Gasteiger partial charge in [0, 0.05) is 17.4 Å². The van der Waals surface area contributed by atoms with Crippen LogP contribution in [0.5, 0.6) is 0 Å². The summed E-state index contributed by atoms with van der Waals surface area (Å²) in [6.07, 6.45) is 2.12. The molecule has 2 bridgehead atoms. The molecule has 1 aromatic carbocycles. The van der Waals surface area contributed by atoms with Crippen molar-refractivity contribution in [3.05, 3.63) is 48.0 Å². The van der Waals surface area contributed by atoms with Gasteiger partial charge in [-0.2, -0.15) is 0 Å². The van der Waals surface area contributed by atoms with Crippen molar-refractivity contribution in [2.45, 2.75) is 25.0 Å². The van der Waals surface area contributed by atoms with E-state index in [0.717, 1.165) is 0 Å². The minimum atomic E-state index is -1.71. The molecule has 132 valence electrons. The van der Waals surface area contributed by atoms with Gasteiger partial charge in [0.1, 0.15) is 6.10 Å². The summed E-state index contributed by atoms with van der Waals surface area (Å²) in [6.45, 7) is 1.75. The Balaban J connectivity index is 1.91. The Kier molecular flexibility index (Phi) is 4.48. The predicted molar refractivity (Wildman–Crippen MR) is 86.9 cm³/mol. The van der Waals surface area contributed by atoms with Crippen LogP contribution in [0.15, 0.2) is 42.5 Å². The first kappa shape index (κ1) is 17.0. The van der Waals surface area contributed by atoms with Gasteiger partial charge in [-0.05, 0) is 25.5 Å². The number of carboxylic acid groups (broad SMARTS) is 1. The van der Waals surface area contributed by atoms with Crippen LogP contribution in [-0.4, -0.2) is 41.4 Å². The molecule has 1 amide bonds. The molecule has 1 saturated carbocycles. The monoisotopic (exact) mass is 345 g/mol. The number of nitrogens with one attached hydrogen (secondary N) is 1. The number of carboxylic acids is 1. The van der Waals surface area contributed by atoms with Crippen LogP contribution in [0.4, 0.5) is 4.79 Å². The van der Waals surface area contributed by atoms with Crippen LogP contribution in [0.25, 0.3) is 0 Å². The van der Waals surface area contributed by atoms with Gasteiger partial charge in [-0.1, -0.05) is 30.4 Å². The van der Waals surface area contributed by atoms with E-state index >= 15 is 0 Å². The molecule has 7 heteroatoms. The Morgan fingerprint density at radius 2 is 1.96 bits per heavy atom. The molecule has 7 nitrogen and oxygen atoms in total. The van der Waals surface area contributed by atoms with Crippen molar-refractivity contribution in [3.8, 4) is 0 Å². The number of fused-ring (bicyclic) bond motifs is 2. The molecule has 0 unspecified atom stereocenters. The average Bonchev–Trinajstić information content (AvgIpc) is 3.18.